The van der Waals surface area contributed by atoms with Gasteiger partial charge in [-0.25, -0.2) is 0 Å². The summed E-state index contributed by atoms with van der Waals surface area (Å²) < 4.78 is 0. The average Bonchev–Trinajstić information content (AvgIpc) is 2.84. The molecule has 0 aromatic rings. The maximum Gasteiger partial charge on any atom is 0.137 e. The molecular formula is C21H27NO2. The van der Waals surface area contributed by atoms with Crippen molar-refractivity contribution in [1.29, 1.82) is 5.26 Å². The number of nitrogens with zero attached hydrogens (tertiary/aromatic N) is 1. The van der Waals surface area contributed by atoms with Gasteiger partial charge in [-0.15, -0.1) is 0 Å². The van der Waals surface area contributed by atoms with Crippen molar-refractivity contribution in [3.8, 4) is 6.07 Å². The van der Waals surface area contributed by atoms with Crippen LogP contribution in [-0.2, 0) is 9.59 Å². The summed E-state index contributed by atoms with van der Waals surface area (Å²) >= 11 is 0. The van der Waals surface area contributed by atoms with E-state index in [1.807, 2.05) is 0 Å². The molecular weight excluding hydrogens is 298 g/mol. The van der Waals surface area contributed by atoms with E-state index in [1.165, 1.54) is 5.57 Å². The minimum atomic E-state index is -0.0956. The molecule has 3 nitrogen and oxygen atoms in total. The Morgan fingerprint density at radius 1 is 1.17 bits per heavy atom. The zero-order valence-electron chi connectivity index (χ0n) is 14.8. The van der Waals surface area contributed by atoms with Gasteiger partial charge in [-0.3, -0.25) is 9.59 Å². The molecule has 0 aromatic heterocycles. The molecule has 24 heavy (non-hydrogen) atoms. The van der Waals surface area contributed by atoms with Gasteiger partial charge in [0.25, 0.3) is 0 Å². The molecule has 128 valence electrons. The highest BCUT2D eigenvalue weighted by molar-refractivity contribution is 5.86. The molecule has 4 unspecified atom stereocenters. The molecule has 0 aromatic carbocycles. The quantitative estimate of drug-likeness (QED) is 0.626. The van der Waals surface area contributed by atoms with E-state index in [1.54, 1.807) is 6.08 Å². The number of hydrogen-bond donors (Lipinski definition) is 0. The molecule has 4 aliphatic carbocycles. The van der Waals surface area contributed by atoms with Gasteiger partial charge in [-0.05, 0) is 60.7 Å². The molecule has 0 saturated heterocycles. The van der Waals surface area contributed by atoms with Gasteiger partial charge in [-0.1, -0.05) is 19.4 Å². The Hall–Kier alpha value is -1.43. The highest BCUT2D eigenvalue weighted by Gasteiger charge is 2.62. The third-order valence-electron chi connectivity index (χ3n) is 8.26. The predicted molar refractivity (Wildman–Crippen MR) is 90.8 cm³/mol. The number of rotatable bonds is 0. The van der Waals surface area contributed by atoms with E-state index < -0.39 is 0 Å². The van der Waals surface area contributed by atoms with Crippen LogP contribution in [0, 0.1) is 45.8 Å². The zero-order valence-corrected chi connectivity index (χ0v) is 14.8. The largest absolute Gasteiger partial charge is 0.300 e. The first-order valence-corrected chi connectivity index (χ1v) is 9.53. The smallest absolute Gasteiger partial charge is 0.137 e. The van der Waals surface area contributed by atoms with Crippen LogP contribution in [0.4, 0.5) is 0 Å². The van der Waals surface area contributed by atoms with Gasteiger partial charge in [-0.2, -0.15) is 5.26 Å². The maximum absolute atomic E-state index is 13.3. The molecule has 4 rings (SSSR count). The Labute approximate surface area is 144 Å². The standard InChI is InChI=1S/C21H27NO2/c1-20-9-7-15(23)11-14(20)3-5-16-17-6-4-13(8-10-22)21(17,2)12-18(24)19(16)20/h8,14,16-17,19H,3-7,9,11-12H2,1-2H3/b13-8-/t14?,16?,17-,19+,20?,21?/m0/s1. The summed E-state index contributed by atoms with van der Waals surface area (Å²) in [5.74, 6) is 2.34. The normalized spacial score (nSPS) is 49.3. The minimum absolute atomic E-state index is 0.0247. The fourth-order valence-electron chi connectivity index (χ4n) is 7.02. The van der Waals surface area contributed by atoms with Crippen molar-refractivity contribution >= 4 is 11.6 Å². The van der Waals surface area contributed by atoms with Crippen LogP contribution in [0.15, 0.2) is 11.6 Å². The number of nitriles is 1. The number of fused-ring (bicyclic) bond motifs is 5. The summed E-state index contributed by atoms with van der Waals surface area (Å²) in [7, 11) is 0. The van der Waals surface area contributed by atoms with Gasteiger partial charge in [0, 0.05) is 31.3 Å². The molecule has 0 aliphatic heterocycles. The monoisotopic (exact) mass is 325 g/mol. The molecule has 4 aliphatic rings. The molecule has 0 heterocycles. The zero-order chi connectivity index (χ0) is 17.1. The SMILES string of the molecule is CC12CC(=O)[C@H]3C(CCC4CC(=O)CCC43C)[C@@H]1CC/C2=C/C#N. The van der Waals surface area contributed by atoms with Crippen LogP contribution in [-0.4, -0.2) is 11.6 Å². The summed E-state index contributed by atoms with van der Waals surface area (Å²) in [4.78, 5) is 25.2. The van der Waals surface area contributed by atoms with E-state index in [-0.39, 0.29) is 16.7 Å². The van der Waals surface area contributed by atoms with Gasteiger partial charge in [0.15, 0.2) is 0 Å². The minimum Gasteiger partial charge on any atom is -0.300 e. The van der Waals surface area contributed by atoms with Crippen LogP contribution in [0.3, 0.4) is 0 Å². The predicted octanol–water partition coefficient (Wildman–Crippen LogP) is 4.23. The van der Waals surface area contributed by atoms with E-state index in [9.17, 15) is 9.59 Å². The fraction of sp³-hybridized carbons (Fsp3) is 0.762. The lowest BCUT2D eigenvalue weighted by atomic mass is 9.45. The van der Waals surface area contributed by atoms with Crippen molar-refractivity contribution in [1.82, 2.24) is 0 Å². The lowest BCUT2D eigenvalue weighted by molar-refractivity contribution is -0.156. The topological polar surface area (TPSA) is 57.9 Å². The molecule has 4 saturated carbocycles. The van der Waals surface area contributed by atoms with Crippen molar-refractivity contribution in [3.63, 3.8) is 0 Å². The van der Waals surface area contributed by atoms with Crippen molar-refractivity contribution in [2.45, 2.75) is 65.2 Å². The van der Waals surface area contributed by atoms with Crippen molar-refractivity contribution in [3.05, 3.63) is 11.6 Å². The highest BCUT2D eigenvalue weighted by atomic mass is 16.1. The van der Waals surface area contributed by atoms with E-state index in [0.29, 0.717) is 48.6 Å². The number of hydrogen-bond acceptors (Lipinski definition) is 3. The second-order valence-corrected chi connectivity index (χ2v) is 9.17. The number of carbonyl (C=O) groups excluding carboxylic acids is 2. The lowest BCUT2D eigenvalue weighted by Crippen LogP contribution is -2.56. The summed E-state index contributed by atoms with van der Waals surface area (Å²) in [5, 5.41) is 9.11. The summed E-state index contributed by atoms with van der Waals surface area (Å²) in [6.45, 7) is 4.52. The molecule has 3 heteroatoms. The number of ketones is 2. The van der Waals surface area contributed by atoms with Crippen LogP contribution >= 0.6 is 0 Å². The lowest BCUT2D eigenvalue weighted by Gasteiger charge is -2.58. The van der Waals surface area contributed by atoms with Crippen LogP contribution in [0.25, 0.3) is 0 Å². The summed E-state index contributed by atoms with van der Waals surface area (Å²) in [6, 6.07) is 2.20. The van der Waals surface area contributed by atoms with Crippen molar-refractivity contribution in [2.24, 2.45) is 34.5 Å². The molecule has 0 spiro atoms. The molecule has 6 atom stereocenters. The molecule has 0 amide bonds. The highest BCUT2D eigenvalue weighted by Crippen LogP contribution is 2.66. The first kappa shape index (κ1) is 16.1. The molecule has 0 bridgehead atoms. The van der Waals surface area contributed by atoms with Gasteiger partial charge in [0.1, 0.15) is 11.6 Å². The molecule has 0 radical (unpaired) electrons. The summed E-state index contributed by atoms with van der Waals surface area (Å²) in [6.07, 6.45) is 8.84. The van der Waals surface area contributed by atoms with Gasteiger partial charge < -0.3 is 0 Å². The van der Waals surface area contributed by atoms with Crippen LogP contribution in [0.2, 0.25) is 0 Å². The van der Waals surface area contributed by atoms with Crippen LogP contribution in [0.1, 0.15) is 65.2 Å². The number of carbonyl (C=O) groups is 2. The Balaban J connectivity index is 1.71. The number of allylic oxidation sites excluding steroid dienone is 2. The van der Waals surface area contributed by atoms with E-state index in [0.717, 1.165) is 32.1 Å². The Bertz CT molecular complexity index is 672. The van der Waals surface area contributed by atoms with Gasteiger partial charge in [0.05, 0.1) is 6.07 Å². The van der Waals surface area contributed by atoms with Crippen LogP contribution < -0.4 is 0 Å². The van der Waals surface area contributed by atoms with E-state index >= 15 is 0 Å². The first-order valence-electron chi connectivity index (χ1n) is 9.53. The number of Topliss-reactive ketones (excluding diaryl/α,β-unsaturated/α-hetero) is 2. The third-order valence-corrected chi connectivity index (χ3v) is 8.26. The molecule has 0 N–H and O–H groups in total. The summed E-state index contributed by atoms with van der Waals surface area (Å²) in [5.41, 5.74) is 1.13. The third kappa shape index (κ3) is 2.01. The second-order valence-electron chi connectivity index (χ2n) is 9.17. The molecule has 4 fully saturated rings. The Morgan fingerprint density at radius 2 is 1.96 bits per heavy atom. The van der Waals surface area contributed by atoms with Crippen LogP contribution in [0.5, 0.6) is 0 Å². The Kier molecular flexibility index (Phi) is 3.53. The van der Waals surface area contributed by atoms with E-state index in [4.69, 9.17) is 5.26 Å². The Morgan fingerprint density at radius 3 is 2.71 bits per heavy atom. The van der Waals surface area contributed by atoms with Crippen molar-refractivity contribution < 1.29 is 9.59 Å². The second kappa shape index (κ2) is 5.28. The van der Waals surface area contributed by atoms with Gasteiger partial charge in [0.2, 0.25) is 0 Å². The first-order chi connectivity index (χ1) is 11.4. The maximum atomic E-state index is 13.3. The fourth-order valence-corrected chi connectivity index (χ4v) is 7.02. The average molecular weight is 325 g/mol. The van der Waals surface area contributed by atoms with Gasteiger partial charge >= 0.3 is 0 Å². The van der Waals surface area contributed by atoms with E-state index in [2.05, 4.69) is 19.9 Å². The van der Waals surface area contributed by atoms with Crippen molar-refractivity contribution in [2.75, 3.05) is 0 Å².